The maximum Gasteiger partial charge on any atom is 0.252 e. The average Bonchev–Trinajstić information content (AvgIpc) is 3.23. The first kappa shape index (κ1) is 18.3. The Morgan fingerprint density at radius 2 is 1.85 bits per heavy atom. The third kappa shape index (κ3) is 5.25. The highest BCUT2D eigenvalue weighted by molar-refractivity contribution is 6.24. The van der Waals surface area contributed by atoms with E-state index in [2.05, 4.69) is 5.32 Å². The second kappa shape index (κ2) is 9.29. The highest BCUT2D eigenvalue weighted by atomic mass is 16.5. The van der Waals surface area contributed by atoms with Crippen molar-refractivity contribution in [2.45, 2.75) is 0 Å². The normalized spacial score (nSPS) is 11.1. The highest BCUT2D eigenvalue weighted by Gasteiger charge is 2.12. The molecule has 5 nitrogen and oxygen atoms in total. The number of nitrogens with one attached hydrogen (secondary N) is 1. The third-order valence-electron chi connectivity index (χ3n) is 3.86. The van der Waals surface area contributed by atoms with Crippen molar-refractivity contribution >= 4 is 17.6 Å². The van der Waals surface area contributed by atoms with E-state index in [9.17, 15) is 4.79 Å². The summed E-state index contributed by atoms with van der Waals surface area (Å²) in [7, 11) is 1.61. The van der Waals surface area contributed by atoms with E-state index in [0.29, 0.717) is 30.2 Å². The van der Waals surface area contributed by atoms with Gasteiger partial charge < -0.3 is 19.2 Å². The summed E-state index contributed by atoms with van der Waals surface area (Å²) < 4.78 is 16.2. The molecule has 0 aliphatic heterocycles. The van der Waals surface area contributed by atoms with Crippen molar-refractivity contribution in [3.63, 3.8) is 0 Å². The van der Waals surface area contributed by atoms with E-state index >= 15 is 0 Å². The summed E-state index contributed by atoms with van der Waals surface area (Å²) in [5.74, 6) is 1.85. The van der Waals surface area contributed by atoms with Crippen molar-refractivity contribution in [1.29, 1.82) is 0 Å². The van der Waals surface area contributed by atoms with Gasteiger partial charge in [-0.3, -0.25) is 4.79 Å². The van der Waals surface area contributed by atoms with E-state index in [1.807, 2.05) is 54.6 Å². The highest BCUT2D eigenvalue weighted by Crippen LogP contribution is 2.20. The standard InChI is InChI=1S/C22H21NO4/c1-25-18-9-5-10-19(15-18)27-14-12-23-22(24)21(16-20-11-6-13-26-20)17-7-3-2-4-8-17/h2-11,13,15-16H,12,14H2,1H3,(H,23,24)/b21-16+. The SMILES string of the molecule is COc1cccc(OCCNC(=O)/C(=C/c2ccco2)c2ccccc2)c1. The second-order valence-electron chi connectivity index (χ2n) is 5.72. The van der Waals surface area contributed by atoms with Crippen molar-refractivity contribution < 1.29 is 18.7 Å². The monoisotopic (exact) mass is 363 g/mol. The van der Waals surface area contributed by atoms with Gasteiger partial charge in [-0.15, -0.1) is 0 Å². The Morgan fingerprint density at radius 3 is 2.59 bits per heavy atom. The first-order valence-electron chi connectivity index (χ1n) is 8.62. The van der Waals surface area contributed by atoms with E-state index in [0.717, 1.165) is 11.3 Å². The maximum absolute atomic E-state index is 12.7. The van der Waals surface area contributed by atoms with Crippen LogP contribution in [0.2, 0.25) is 0 Å². The minimum absolute atomic E-state index is 0.188. The smallest absolute Gasteiger partial charge is 0.252 e. The molecule has 27 heavy (non-hydrogen) atoms. The molecule has 0 aliphatic rings. The third-order valence-corrected chi connectivity index (χ3v) is 3.86. The summed E-state index contributed by atoms with van der Waals surface area (Å²) in [6, 6.07) is 20.4. The lowest BCUT2D eigenvalue weighted by atomic mass is 10.0. The van der Waals surface area contributed by atoms with E-state index in [-0.39, 0.29) is 5.91 Å². The van der Waals surface area contributed by atoms with Crippen LogP contribution in [0.15, 0.2) is 77.4 Å². The van der Waals surface area contributed by atoms with E-state index in [1.54, 1.807) is 31.6 Å². The second-order valence-corrected chi connectivity index (χ2v) is 5.72. The molecule has 0 radical (unpaired) electrons. The first-order valence-corrected chi connectivity index (χ1v) is 8.62. The summed E-state index contributed by atoms with van der Waals surface area (Å²) in [5, 5.41) is 2.89. The van der Waals surface area contributed by atoms with Crippen LogP contribution in [0.5, 0.6) is 11.5 Å². The van der Waals surface area contributed by atoms with Crippen molar-refractivity contribution in [1.82, 2.24) is 5.32 Å². The first-order chi connectivity index (χ1) is 13.3. The number of hydrogen-bond donors (Lipinski definition) is 1. The molecule has 0 unspecified atom stereocenters. The number of furan rings is 1. The average molecular weight is 363 g/mol. The van der Waals surface area contributed by atoms with Crippen LogP contribution in [0.25, 0.3) is 11.6 Å². The lowest BCUT2D eigenvalue weighted by Gasteiger charge is -2.11. The largest absolute Gasteiger partial charge is 0.497 e. The van der Waals surface area contributed by atoms with Gasteiger partial charge in [0, 0.05) is 6.07 Å². The van der Waals surface area contributed by atoms with E-state index in [4.69, 9.17) is 13.9 Å². The van der Waals surface area contributed by atoms with Crippen molar-refractivity contribution in [2.24, 2.45) is 0 Å². The number of methoxy groups -OCH3 is 1. The van der Waals surface area contributed by atoms with Gasteiger partial charge in [0.2, 0.25) is 0 Å². The summed E-state index contributed by atoms with van der Waals surface area (Å²) >= 11 is 0. The van der Waals surface area contributed by atoms with Crippen LogP contribution in [0.3, 0.4) is 0 Å². The van der Waals surface area contributed by atoms with Gasteiger partial charge in [-0.25, -0.2) is 0 Å². The molecule has 0 aliphatic carbocycles. The zero-order valence-electron chi connectivity index (χ0n) is 15.1. The zero-order chi connectivity index (χ0) is 18.9. The van der Waals surface area contributed by atoms with Crippen LogP contribution in [0.4, 0.5) is 0 Å². The minimum Gasteiger partial charge on any atom is -0.497 e. The predicted molar refractivity (Wildman–Crippen MR) is 105 cm³/mol. The number of amides is 1. The Bertz CT molecular complexity index is 886. The molecule has 3 aromatic rings. The van der Waals surface area contributed by atoms with Gasteiger partial charge in [-0.2, -0.15) is 0 Å². The molecule has 138 valence electrons. The van der Waals surface area contributed by atoms with Gasteiger partial charge in [-0.05, 0) is 35.9 Å². The molecular formula is C22H21NO4. The van der Waals surface area contributed by atoms with Gasteiger partial charge >= 0.3 is 0 Å². The molecule has 0 fully saturated rings. The predicted octanol–water partition coefficient (Wildman–Crippen LogP) is 4.02. The number of carbonyl (C=O) groups excluding carboxylic acids is 1. The number of carbonyl (C=O) groups is 1. The lowest BCUT2D eigenvalue weighted by Crippen LogP contribution is -2.28. The molecule has 3 rings (SSSR count). The Kier molecular flexibility index (Phi) is 6.30. The van der Waals surface area contributed by atoms with Crippen molar-refractivity contribution in [3.05, 3.63) is 84.3 Å². The molecule has 1 aromatic heterocycles. The minimum atomic E-state index is -0.188. The summed E-state index contributed by atoms with van der Waals surface area (Å²) in [4.78, 5) is 12.7. The molecule has 1 heterocycles. The van der Waals surface area contributed by atoms with Crippen LogP contribution in [0.1, 0.15) is 11.3 Å². The molecule has 2 aromatic carbocycles. The summed E-state index contributed by atoms with van der Waals surface area (Å²) in [6.07, 6.45) is 3.31. The van der Waals surface area contributed by atoms with Gasteiger partial charge in [0.15, 0.2) is 0 Å². The molecule has 0 saturated carbocycles. The molecule has 0 bridgehead atoms. The fourth-order valence-corrected chi connectivity index (χ4v) is 2.53. The van der Waals surface area contributed by atoms with E-state index < -0.39 is 0 Å². The molecule has 0 saturated heterocycles. The molecule has 0 spiro atoms. The maximum atomic E-state index is 12.7. The summed E-state index contributed by atoms with van der Waals surface area (Å²) in [5.41, 5.74) is 1.35. The molecule has 0 atom stereocenters. The Labute approximate surface area is 158 Å². The quantitative estimate of drug-likeness (QED) is 0.485. The van der Waals surface area contributed by atoms with Crippen molar-refractivity contribution in [2.75, 3.05) is 20.3 Å². The van der Waals surface area contributed by atoms with Gasteiger partial charge in [0.25, 0.3) is 5.91 Å². The molecule has 1 amide bonds. The van der Waals surface area contributed by atoms with Crippen LogP contribution in [-0.2, 0) is 4.79 Å². The Hall–Kier alpha value is -3.47. The molecule has 5 heteroatoms. The van der Waals surface area contributed by atoms with E-state index in [1.165, 1.54) is 0 Å². The van der Waals surface area contributed by atoms with Crippen LogP contribution in [0, 0.1) is 0 Å². The molecular weight excluding hydrogens is 342 g/mol. The van der Waals surface area contributed by atoms with Crippen LogP contribution in [-0.4, -0.2) is 26.2 Å². The zero-order valence-corrected chi connectivity index (χ0v) is 15.1. The molecule has 1 N–H and O–H groups in total. The number of rotatable bonds is 8. The number of ether oxygens (including phenoxy) is 2. The van der Waals surface area contributed by atoms with Crippen molar-refractivity contribution in [3.8, 4) is 11.5 Å². The Balaban J connectivity index is 1.61. The topological polar surface area (TPSA) is 60.7 Å². The fraction of sp³-hybridized carbons (Fsp3) is 0.136. The van der Waals surface area contributed by atoms with Gasteiger partial charge in [0.1, 0.15) is 23.9 Å². The van der Waals surface area contributed by atoms with Gasteiger partial charge in [0.05, 0.1) is 25.5 Å². The number of benzene rings is 2. The van der Waals surface area contributed by atoms with Crippen LogP contribution >= 0.6 is 0 Å². The fourth-order valence-electron chi connectivity index (χ4n) is 2.53. The van der Waals surface area contributed by atoms with Crippen LogP contribution < -0.4 is 14.8 Å². The lowest BCUT2D eigenvalue weighted by molar-refractivity contribution is -0.115. The van der Waals surface area contributed by atoms with Gasteiger partial charge in [-0.1, -0.05) is 36.4 Å². The Morgan fingerprint density at radius 1 is 1.04 bits per heavy atom. The summed E-state index contributed by atoms with van der Waals surface area (Å²) in [6.45, 7) is 0.722. The number of hydrogen-bond acceptors (Lipinski definition) is 4.